The van der Waals surface area contributed by atoms with Gasteiger partial charge in [0.25, 0.3) is 5.56 Å². The topological polar surface area (TPSA) is 98.7 Å². The van der Waals surface area contributed by atoms with E-state index in [1.165, 1.54) is 10.9 Å². The number of hydrogen-bond donors (Lipinski definition) is 1. The van der Waals surface area contributed by atoms with Gasteiger partial charge in [-0.2, -0.15) is 0 Å². The molecule has 9 heteroatoms. The summed E-state index contributed by atoms with van der Waals surface area (Å²) in [6, 6.07) is 1.70. The van der Waals surface area contributed by atoms with E-state index in [4.69, 9.17) is 4.52 Å². The number of halogens is 1. The zero-order valence-electron chi connectivity index (χ0n) is 10.5. The second-order valence-corrected chi connectivity index (χ2v) is 4.98. The van der Waals surface area contributed by atoms with Crippen LogP contribution >= 0.6 is 15.9 Å². The SMILES string of the molecule is CCn1c(=O)[nH]c(=O)c2c1ncn2Cc1cc(Br)no1. The van der Waals surface area contributed by atoms with Crippen LogP contribution in [0.1, 0.15) is 12.7 Å². The van der Waals surface area contributed by atoms with Crippen LogP contribution in [0.3, 0.4) is 0 Å². The highest BCUT2D eigenvalue weighted by Gasteiger charge is 2.14. The molecule has 3 aromatic heterocycles. The van der Waals surface area contributed by atoms with E-state index in [-0.39, 0.29) is 0 Å². The van der Waals surface area contributed by atoms with Crippen molar-refractivity contribution < 1.29 is 4.52 Å². The van der Waals surface area contributed by atoms with Crippen LogP contribution in [0.4, 0.5) is 0 Å². The maximum atomic E-state index is 12.0. The molecule has 0 amide bonds. The first kappa shape index (κ1) is 12.9. The first-order valence-corrected chi connectivity index (χ1v) is 6.68. The summed E-state index contributed by atoms with van der Waals surface area (Å²) in [5, 5.41) is 3.71. The molecule has 8 nitrogen and oxygen atoms in total. The fourth-order valence-electron chi connectivity index (χ4n) is 2.06. The zero-order chi connectivity index (χ0) is 14.3. The van der Waals surface area contributed by atoms with Gasteiger partial charge in [-0.05, 0) is 22.9 Å². The monoisotopic (exact) mass is 339 g/mol. The van der Waals surface area contributed by atoms with Gasteiger partial charge < -0.3 is 9.09 Å². The number of aromatic amines is 1. The van der Waals surface area contributed by atoms with Crippen molar-refractivity contribution in [3.05, 3.63) is 43.6 Å². The van der Waals surface area contributed by atoms with Crippen molar-refractivity contribution in [3.8, 4) is 0 Å². The van der Waals surface area contributed by atoms with Crippen LogP contribution in [0.2, 0.25) is 0 Å². The van der Waals surface area contributed by atoms with Crippen LogP contribution in [0, 0.1) is 0 Å². The van der Waals surface area contributed by atoms with Crippen LogP contribution in [0.25, 0.3) is 11.2 Å². The average Bonchev–Trinajstić information content (AvgIpc) is 2.98. The fourth-order valence-corrected chi connectivity index (χ4v) is 2.39. The number of hydrogen-bond acceptors (Lipinski definition) is 5. The van der Waals surface area contributed by atoms with Gasteiger partial charge in [0, 0.05) is 12.6 Å². The summed E-state index contributed by atoms with van der Waals surface area (Å²) < 4.78 is 8.68. The third kappa shape index (κ3) is 1.99. The molecule has 20 heavy (non-hydrogen) atoms. The summed E-state index contributed by atoms with van der Waals surface area (Å²) in [6.45, 7) is 2.54. The van der Waals surface area contributed by atoms with Crippen LogP contribution in [-0.4, -0.2) is 24.3 Å². The highest BCUT2D eigenvalue weighted by atomic mass is 79.9. The minimum absolute atomic E-state index is 0.306. The number of rotatable bonds is 3. The summed E-state index contributed by atoms with van der Waals surface area (Å²) in [5.74, 6) is 0.574. The molecule has 104 valence electrons. The van der Waals surface area contributed by atoms with E-state index < -0.39 is 11.2 Å². The van der Waals surface area contributed by atoms with Crippen LogP contribution in [0.15, 0.2) is 31.1 Å². The number of aryl methyl sites for hydroxylation is 1. The Morgan fingerprint density at radius 1 is 1.45 bits per heavy atom. The summed E-state index contributed by atoms with van der Waals surface area (Å²) >= 11 is 3.19. The molecule has 0 aliphatic carbocycles. The van der Waals surface area contributed by atoms with Crippen molar-refractivity contribution in [2.75, 3.05) is 0 Å². The van der Waals surface area contributed by atoms with E-state index in [0.717, 1.165) is 0 Å². The number of aromatic nitrogens is 5. The third-order valence-corrected chi connectivity index (χ3v) is 3.30. The Hall–Kier alpha value is -2.16. The normalized spacial score (nSPS) is 11.3. The summed E-state index contributed by atoms with van der Waals surface area (Å²) in [4.78, 5) is 30.1. The maximum Gasteiger partial charge on any atom is 0.330 e. The molecular weight excluding hydrogens is 330 g/mol. The molecule has 1 N–H and O–H groups in total. The lowest BCUT2D eigenvalue weighted by Gasteiger charge is -2.03. The smallest absolute Gasteiger partial charge is 0.330 e. The highest BCUT2D eigenvalue weighted by Crippen LogP contribution is 2.13. The van der Waals surface area contributed by atoms with E-state index in [1.807, 2.05) is 6.92 Å². The molecule has 0 aliphatic heterocycles. The predicted octanol–water partition coefficient (Wildman–Crippen LogP) is 0.705. The molecule has 3 aromatic rings. The van der Waals surface area contributed by atoms with Crippen molar-refractivity contribution >= 4 is 27.1 Å². The van der Waals surface area contributed by atoms with Crippen LogP contribution in [-0.2, 0) is 13.1 Å². The van der Waals surface area contributed by atoms with E-state index in [0.29, 0.717) is 34.6 Å². The van der Waals surface area contributed by atoms with Crippen molar-refractivity contribution in [1.82, 2.24) is 24.3 Å². The second kappa shape index (κ2) is 4.75. The zero-order valence-corrected chi connectivity index (χ0v) is 12.0. The quantitative estimate of drug-likeness (QED) is 0.757. The number of fused-ring (bicyclic) bond motifs is 1. The molecule has 3 heterocycles. The Balaban J connectivity index is 2.18. The Bertz CT molecular complexity index is 887. The van der Waals surface area contributed by atoms with Crippen molar-refractivity contribution in [3.63, 3.8) is 0 Å². The molecule has 0 fully saturated rings. The van der Waals surface area contributed by atoms with Gasteiger partial charge in [-0.15, -0.1) is 0 Å². The molecule has 0 saturated carbocycles. The molecule has 3 rings (SSSR count). The van der Waals surface area contributed by atoms with Gasteiger partial charge in [-0.25, -0.2) is 9.78 Å². The Morgan fingerprint density at radius 3 is 2.90 bits per heavy atom. The van der Waals surface area contributed by atoms with Crippen LogP contribution in [0.5, 0.6) is 0 Å². The second-order valence-electron chi connectivity index (χ2n) is 4.16. The Morgan fingerprint density at radius 2 is 2.25 bits per heavy atom. The Kier molecular flexibility index (Phi) is 3.05. The van der Waals surface area contributed by atoms with Crippen molar-refractivity contribution in [2.45, 2.75) is 20.0 Å². The largest absolute Gasteiger partial charge is 0.358 e. The number of imidazole rings is 1. The van der Waals surface area contributed by atoms with Gasteiger partial charge in [0.05, 0.1) is 12.9 Å². The van der Waals surface area contributed by atoms with Gasteiger partial charge in [0.15, 0.2) is 16.9 Å². The molecule has 0 spiro atoms. The van der Waals surface area contributed by atoms with Gasteiger partial charge >= 0.3 is 5.69 Å². The predicted molar refractivity (Wildman–Crippen MR) is 73.6 cm³/mol. The lowest BCUT2D eigenvalue weighted by molar-refractivity contribution is 0.374. The summed E-state index contributed by atoms with van der Waals surface area (Å²) in [6.07, 6.45) is 1.50. The minimum atomic E-state index is -0.467. The lowest BCUT2D eigenvalue weighted by Crippen LogP contribution is -2.30. The summed E-state index contributed by atoms with van der Waals surface area (Å²) in [7, 11) is 0. The van der Waals surface area contributed by atoms with Crippen LogP contribution < -0.4 is 11.2 Å². The van der Waals surface area contributed by atoms with Gasteiger partial charge in [-0.3, -0.25) is 14.3 Å². The van der Waals surface area contributed by atoms with E-state index in [9.17, 15) is 9.59 Å². The van der Waals surface area contributed by atoms with E-state index in [1.54, 1.807) is 10.6 Å². The first-order chi connectivity index (χ1) is 9.60. The highest BCUT2D eigenvalue weighted by molar-refractivity contribution is 9.10. The fraction of sp³-hybridized carbons (Fsp3) is 0.273. The molecule has 0 radical (unpaired) electrons. The molecule has 0 saturated heterocycles. The van der Waals surface area contributed by atoms with Gasteiger partial charge in [0.2, 0.25) is 0 Å². The van der Waals surface area contributed by atoms with E-state index in [2.05, 4.69) is 31.1 Å². The van der Waals surface area contributed by atoms with Gasteiger partial charge in [0.1, 0.15) is 4.60 Å². The lowest BCUT2D eigenvalue weighted by atomic mass is 10.4. The number of H-pyrrole nitrogens is 1. The summed E-state index contributed by atoms with van der Waals surface area (Å²) in [5.41, 5.74) is -0.234. The molecule has 0 aromatic carbocycles. The van der Waals surface area contributed by atoms with Gasteiger partial charge in [-0.1, -0.05) is 5.16 Å². The average molecular weight is 340 g/mol. The molecule has 0 aliphatic rings. The Labute approximate surface area is 120 Å². The molecule has 0 bridgehead atoms. The molecule has 0 unspecified atom stereocenters. The van der Waals surface area contributed by atoms with Crippen molar-refractivity contribution in [1.29, 1.82) is 0 Å². The standard InChI is InChI=1S/C11H10BrN5O3/c1-2-17-9-8(10(18)14-11(17)19)16(5-13-9)4-6-3-7(12)15-20-6/h3,5H,2,4H2,1H3,(H,14,18,19). The number of nitrogens with one attached hydrogen (secondary N) is 1. The number of nitrogens with zero attached hydrogens (tertiary/aromatic N) is 4. The maximum absolute atomic E-state index is 12.0. The van der Waals surface area contributed by atoms with Crippen molar-refractivity contribution in [2.24, 2.45) is 0 Å². The van der Waals surface area contributed by atoms with E-state index >= 15 is 0 Å². The molecule has 0 atom stereocenters. The minimum Gasteiger partial charge on any atom is -0.358 e. The third-order valence-electron chi connectivity index (χ3n) is 2.93. The molecular formula is C11H10BrN5O3. The first-order valence-electron chi connectivity index (χ1n) is 5.89.